The lowest BCUT2D eigenvalue weighted by Gasteiger charge is -2.14. The number of aromatic nitrogens is 1. The van der Waals surface area contributed by atoms with Crippen LogP contribution in [0.5, 0.6) is 17.4 Å². The molecule has 0 amide bonds. The van der Waals surface area contributed by atoms with E-state index in [0.717, 1.165) is 5.56 Å². The lowest BCUT2D eigenvalue weighted by atomic mass is 10.1. The Morgan fingerprint density at radius 2 is 1.71 bits per heavy atom. The third kappa shape index (κ3) is 4.00. The van der Waals surface area contributed by atoms with E-state index in [1.54, 1.807) is 42.5 Å². The van der Waals surface area contributed by atoms with E-state index in [-0.39, 0.29) is 29.7 Å². The summed E-state index contributed by atoms with van der Waals surface area (Å²) >= 11 is 0. The maximum Gasteiger partial charge on any atom is 0.261 e. The van der Waals surface area contributed by atoms with Crippen molar-refractivity contribution in [1.29, 1.82) is 0 Å². The second kappa shape index (κ2) is 8.32. The van der Waals surface area contributed by atoms with E-state index in [9.17, 15) is 18.3 Å². The largest absolute Gasteiger partial charge is 0.494 e. The highest BCUT2D eigenvalue weighted by Gasteiger charge is 2.18. The highest BCUT2D eigenvalue weighted by molar-refractivity contribution is 7.89. The predicted octanol–water partition coefficient (Wildman–Crippen LogP) is 2.88. The van der Waals surface area contributed by atoms with Gasteiger partial charge in [0.1, 0.15) is 0 Å². The fourth-order valence-electron chi connectivity index (χ4n) is 3.77. The normalized spacial score (nSPS) is 13.1. The van der Waals surface area contributed by atoms with Crippen LogP contribution in [0.1, 0.15) is 11.1 Å². The third-order valence-corrected chi connectivity index (χ3v) is 6.40. The summed E-state index contributed by atoms with van der Waals surface area (Å²) in [5.41, 5.74) is 1.20. The fourth-order valence-corrected chi connectivity index (χ4v) is 4.28. The molecular formula is C24H19N3O6S. The molecule has 0 bridgehead atoms. The van der Waals surface area contributed by atoms with Gasteiger partial charge in [0.05, 0.1) is 22.7 Å². The van der Waals surface area contributed by atoms with Crippen molar-refractivity contribution in [2.45, 2.75) is 11.4 Å². The maximum absolute atomic E-state index is 13.2. The predicted molar refractivity (Wildman–Crippen MR) is 127 cm³/mol. The Balaban J connectivity index is 1.57. The van der Waals surface area contributed by atoms with E-state index in [4.69, 9.17) is 14.6 Å². The van der Waals surface area contributed by atoms with Gasteiger partial charge in [-0.2, -0.15) is 0 Å². The van der Waals surface area contributed by atoms with Crippen LogP contribution in [0.15, 0.2) is 81.4 Å². The third-order valence-electron chi connectivity index (χ3n) is 5.48. The van der Waals surface area contributed by atoms with Gasteiger partial charge in [0.15, 0.2) is 11.5 Å². The van der Waals surface area contributed by atoms with Crippen molar-refractivity contribution in [3.8, 4) is 17.4 Å². The minimum absolute atomic E-state index is 0.0305. The number of nitrogens with two attached hydrogens (primary N) is 1. The lowest BCUT2D eigenvalue weighted by molar-refractivity contribution is 0.174. The van der Waals surface area contributed by atoms with Crippen molar-refractivity contribution in [2.24, 2.45) is 10.1 Å². The molecule has 4 aromatic rings. The van der Waals surface area contributed by atoms with Crippen LogP contribution in [-0.2, 0) is 16.6 Å². The Kier molecular flexibility index (Phi) is 5.31. The van der Waals surface area contributed by atoms with Gasteiger partial charge in [-0.05, 0) is 48.0 Å². The SMILES string of the molecule is NS(=O)(=O)c1ccc(N=Cc2c(O)n(Cc3ccc4c(c3)OCO4)c(=O)c3ccccc23)cc1. The summed E-state index contributed by atoms with van der Waals surface area (Å²) in [5.74, 6) is 0.960. The van der Waals surface area contributed by atoms with E-state index in [0.29, 0.717) is 33.5 Å². The number of ether oxygens (including phenoxy) is 2. The van der Waals surface area contributed by atoms with Crippen molar-refractivity contribution in [2.75, 3.05) is 6.79 Å². The molecule has 34 heavy (non-hydrogen) atoms. The van der Waals surface area contributed by atoms with E-state index in [2.05, 4.69) is 4.99 Å². The van der Waals surface area contributed by atoms with Gasteiger partial charge < -0.3 is 14.6 Å². The van der Waals surface area contributed by atoms with Gasteiger partial charge in [-0.25, -0.2) is 13.6 Å². The fraction of sp³-hybridized carbons (Fsp3) is 0.0833. The van der Waals surface area contributed by atoms with Crippen LogP contribution in [0.4, 0.5) is 5.69 Å². The first-order valence-corrected chi connectivity index (χ1v) is 11.8. The zero-order valence-corrected chi connectivity index (χ0v) is 18.5. The molecular weight excluding hydrogens is 458 g/mol. The van der Waals surface area contributed by atoms with Gasteiger partial charge in [0, 0.05) is 17.0 Å². The standard InChI is InChI=1S/C24H19N3O6S/c25-34(30,31)17-8-6-16(7-9-17)26-12-20-18-3-1-2-4-19(18)23(28)27(24(20)29)13-15-5-10-21-22(11-15)33-14-32-21/h1-12,29H,13-14H2,(H2,25,30,31). The van der Waals surface area contributed by atoms with Crippen LogP contribution in [0.2, 0.25) is 0 Å². The quantitative estimate of drug-likeness (QED) is 0.425. The summed E-state index contributed by atoms with van der Waals surface area (Å²) in [4.78, 5) is 17.5. The highest BCUT2D eigenvalue weighted by Crippen LogP contribution is 2.33. The molecule has 0 aliphatic carbocycles. The van der Waals surface area contributed by atoms with Gasteiger partial charge in [0.2, 0.25) is 22.7 Å². The Morgan fingerprint density at radius 1 is 1.00 bits per heavy atom. The van der Waals surface area contributed by atoms with Crippen LogP contribution < -0.4 is 20.2 Å². The number of aromatic hydroxyl groups is 1. The molecule has 0 saturated heterocycles. The Labute approximate surface area is 194 Å². The number of nitrogens with zero attached hydrogens (tertiary/aromatic N) is 2. The van der Waals surface area contributed by atoms with Gasteiger partial charge in [0.25, 0.3) is 5.56 Å². The van der Waals surface area contributed by atoms with Crippen molar-refractivity contribution in [3.05, 3.63) is 88.2 Å². The van der Waals surface area contributed by atoms with Gasteiger partial charge in [-0.1, -0.05) is 24.3 Å². The average molecular weight is 477 g/mol. The molecule has 0 spiro atoms. The van der Waals surface area contributed by atoms with Crippen LogP contribution in [0.25, 0.3) is 10.8 Å². The minimum Gasteiger partial charge on any atom is -0.494 e. The molecule has 0 unspecified atom stereocenters. The van der Waals surface area contributed by atoms with Crippen molar-refractivity contribution in [1.82, 2.24) is 4.57 Å². The summed E-state index contributed by atoms with van der Waals surface area (Å²) in [6, 6.07) is 17.9. The van der Waals surface area contributed by atoms with Gasteiger partial charge >= 0.3 is 0 Å². The summed E-state index contributed by atoms with van der Waals surface area (Å²) in [6.07, 6.45) is 1.44. The zero-order valence-electron chi connectivity index (χ0n) is 17.7. The Hall–Kier alpha value is -4.15. The molecule has 3 N–H and O–H groups in total. The number of rotatable bonds is 5. The lowest BCUT2D eigenvalue weighted by Crippen LogP contribution is -2.22. The summed E-state index contributed by atoms with van der Waals surface area (Å²) in [7, 11) is -3.81. The summed E-state index contributed by atoms with van der Waals surface area (Å²) < 4.78 is 34.9. The molecule has 3 aromatic carbocycles. The number of sulfonamides is 1. The van der Waals surface area contributed by atoms with E-state index >= 15 is 0 Å². The van der Waals surface area contributed by atoms with Crippen LogP contribution >= 0.6 is 0 Å². The van der Waals surface area contributed by atoms with Crippen molar-refractivity contribution >= 4 is 32.7 Å². The summed E-state index contributed by atoms with van der Waals surface area (Å²) in [5, 5.41) is 17.2. The number of hydrogen-bond donors (Lipinski definition) is 2. The van der Waals surface area contributed by atoms with E-state index < -0.39 is 10.0 Å². The molecule has 1 aliphatic heterocycles. The number of benzene rings is 3. The second-order valence-electron chi connectivity index (χ2n) is 7.66. The van der Waals surface area contributed by atoms with Crippen LogP contribution in [-0.4, -0.2) is 31.1 Å². The number of hydrogen-bond acceptors (Lipinski definition) is 7. The Bertz CT molecular complexity index is 1610. The molecule has 1 aliphatic rings. The maximum atomic E-state index is 13.2. The van der Waals surface area contributed by atoms with Crippen LogP contribution in [0, 0.1) is 0 Å². The second-order valence-corrected chi connectivity index (χ2v) is 9.22. The molecule has 0 atom stereocenters. The first-order valence-electron chi connectivity index (χ1n) is 10.2. The van der Waals surface area contributed by atoms with Crippen LogP contribution in [0.3, 0.4) is 0 Å². The van der Waals surface area contributed by atoms with Gasteiger partial charge in [-0.3, -0.25) is 14.4 Å². The number of primary sulfonamides is 1. The van der Waals surface area contributed by atoms with Crippen molar-refractivity contribution < 1.29 is 23.0 Å². The van der Waals surface area contributed by atoms with Crippen molar-refractivity contribution in [3.63, 3.8) is 0 Å². The average Bonchev–Trinajstić information content (AvgIpc) is 3.29. The summed E-state index contributed by atoms with van der Waals surface area (Å²) in [6.45, 7) is 0.245. The van der Waals surface area contributed by atoms with E-state index in [1.165, 1.54) is 35.0 Å². The topological polar surface area (TPSA) is 133 Å². The number of fused-ring (bicyclic) bond motifs is 2. The van der Waals surface area contributed by atoms with E-state index in [1.807, 2.05) is 0 Å². The minimum atomic E-state index is -3.81. The molecule has 1 aromatic heterocycles. The Morgan fingerprint density at radius 3 is 2.44 bits per heavy atom. The smallest absolute Gasteiger partial charge is 0.261 e. The number of aliphatic imine (C=N–C) groups is 1. The van der Waals surface area contributed by atoms with Gasteiger partial charge in [-0.15, -0.1) is 0 Å². The molecule has 5 rings (SSSR count). The molecule has 10 heteroatoms. The zero-order chi connectivity index (χ0) is 23.9. The molecule has 2 heterocycles. The molecule has 0 saturated carbocycles. The molecule has 172 valence electrons. The molecule has 0 radical (unpaired) electrons. The highest BCUT2D eigenvalue weighted by atomic mass is 32.2. The first-order chi connectivity index (χ1) is 16.3. The molecule has 0 fully saturated rings. The molecule has 9 nitrogen and oxygen atoms in total. The first kappa shape index (κ1) is 21.7. The number of pyridine rings is 1. The monoisotopic (exact) mass is 477 g/mol.